The molecule has 5 aromatic rings. The van der Waals surface area contributed by atoms with Crippen molar-refractivity contribution < 1.29 is 9.18 Å². The Balaban J connectivity index is 1.68. The van der Waals surface area contributed by atoms with Gasteiger partial charge in [0.1, 0.15) is 17.3 Å². The first-order valence-corrected chi connectivity index (χ1v) is 10.1. The highest BCUT2D eigenvalue weighted by molar-refractivity contribution is 6.30. The first kappa shape index (κ1) is 19.8. The van der Waals surface area contributed by atoms with Gasteiger partial charge in [0.25, 0.3) is 0 Å². The Hall–Kier alpha value is -4.10. The predicted octanol–water partition coefficient (Wildman–Crippen LogP) is 5.55. The van der Waals surface area contributed by atoms with Gasteiger partial charge in [-0.3, -0.25) is 9.69 Å². The molecule has 0 saturated carbocycles. The van der Waals surface area contributed by atoms with Crippen LogP contribution in [0.2, 0.25) is 5.02 Å². The molecule has 2 aromatic carbocycles. The van der Waals surface area contributed by atoms with Gasteiger partial charge in [0.05, 0.1) is 11.4 Å². The Labute approximate surface area is 187 Å². The van der Waals surface area contributed by atoms with E-state index in [-0.39, 0.29) is 5.82 Å². The molecule has 0 bridgehead atoms. The fourth-order valence-corrected chi connectivity index (χ4v) is 3.63. The molecule has 5 rings (SSSR count). The van der Waals surface area contributed by atoms with Crippen molar-refractivity contribution in [1.29, 1.82) is 0 Å². The van der Waals surface area contributed by atoms with E-state index in [9.17, 15) is 9.18 Å². The van der Waals surface area contributed by atoms with Crippen molar-refractivity contribution in [2.24, 2.45) is 0 Å². The average molecular weight is 444 g/mol. The lowest BCUT2D eigenvalue weighted by molar-refractivity contribution is -0.106. The lowest BCUT2D eigenvalue weighted by Gasteiger charge is -2.17. The number of fused-ring (bicyclic) bond motifs is 1. The molecular weight excluding hydrogens is 429 g/mol. The van der Waals surface area contributed by atoms with E-state index in [4.69, 9.17) is 16.6 Å². The summed E-state index contributed by atoms with van der Waals surface area (Å²) < 4.78 is 15.2. The fourth-order valence-electron chi connectivity index (χ4n) is 3.50. The number of hydrogen-bond donors (Lipinski definition) is 0. The van der Waals surface area contributed by atoms with E-state index >= 15 is 0 Å². The Kier molecular flexibility index (Phi) is 5.09. The van der Waals surface area contributed by atoms with Gasteiger partial charge in [0.15, 0.2) is 5.65 Å². The summed E-state index contributed by atoms with van der Waals surface area (Å²) in [6, 6.07) is 20.3. The average Bonchev–Trinajstić information content (AvgIpc) is 3.21. The van der Waals surface area contributed by atoms with Crippen molar-refractivity contribution in [3.8, 4) is 22.5 Å². The van der Waals surface area contributed by atoms with E-state index < -0.39 is 0 Å². The van der Waals surface area contributed by atoms with Gasteiger partial charge in [-0.05, 0) is 72.8 Å². The number of aromatic nitrogens is 4. The van der Waals surface area contributed by atoms with Gasteiger partial charge in [-0.15, -0.1) is 0 Å². The summed E-state index contributed by atoms with van der Waals surface area (Å²) in [6.07, 6.45) is 3.98. The van der Waals surface area contributed by atoms with Crippen molar-refractivity contribution in [3.63, 3.8) is 0 Å². The molecule has 0 fully saturated rings. The number of carbonyl (C=O) groups is 1. The molecule has 3 heterocycles. The highest BCUT2D eigenvalue weighted by atomic mass is 35.5. The van der Waals surface area contributed by atoms with Crippen molar-refractivity contribution in [2.75, 3.05) is 4.90 Å². The number of imidazole rings is 1. The van der Waals surface area contributed by atoms with Gasteiger partial charge >= 0.3 is 0 Å². The smallest absolute Gasteiger partial charge is 0.219 e. The molecule has 3 aromatic heterocycles. The fraction of sp³-hybridized carbons (Fsp3) is 0. The van der Waals surface area contributed by atoms with Crippen LogP contribution < -0.4 is 4.90 Å². The first-order valence-electron chi connectivity index (χ1n) is 9.70. The molecule has 0 aliphatic rings. The molecule has 6 nitrogen and oxygen atoms in total. The maximum Gasteiger partial charge on any atom is 0.219 e. The highest BCUT2D eigenvalue weighted by Gasteiger charge is 2.19. The van der Waals surface area contributed by atoms with Crippen LogP contribution in [-0.4, -0.2) is 26.0 Å². The van der Waals surface area contributed by atoms with E-state index in [1.54, 1.807) is 65.4 Å². The number of rotatable bonds is 5. The zero-order valence-electron chi connectivity index (χ0n) is 16.6. The third-order valence-electron chi connectivity index (χ3n) is 4.99. The predicted molar refractivity (Wildman–Crippen MR) is 121 cm³/mol. The minimum Gasteiger partial charge on any atom is -0.278 e. The minimum atomic E-state index is -0.326. The zero-order chi connectivity index (χ0) is 22.1. The molecule has 0 aliphatic heterocycles. The Morgan fingerprint density at radius 2 is 1.72 bits per heavy atom. The maximum atomic E-state index is 13.5. The molecule has 32 heavy (non-hydrogen) atoms. The minimum absolute atomic E-state index is 0.326. The lowest BCUT2D eigenvalue weighted by Crippen LogP contribution is -2.15. The normalized spacial score (nSPS) is 10.9. The molecular formula is C24H15ClFN5O. The lowest BCUT2D eigenvalue weighted by atomic mass is 10.1. The second kappa shape index (κ2) is 8.20. The van der Waals surface area contributed by atoms with Crippen LogP contribution in [0.3, 0.4) is 0 Å². The maximum absolute atomic E-state index is 13.5. The second-order valence-electron chi connectivity index (χ2n) is 6.96. The van der Waals surface area contributed by atoms with Crippen LogP contribution in [0.4, 0.5) is 15.9 Å². The SMILES string of the molecule is O=CN(c1ccc(Cl)cc1)c1cc(-c2c(-c3ccc(F)cc3)nc3cccnn23)ccn1. The van der Waals surface area contributed by atoms with Gasteiger partial charge in [-0.2, -0.15) is 5.10 Å². The number of anilines is 2. The van der Waals surface area contributed by atoms with Crippen LogP contribution in [0.15, 0.2) is 85.2 Å². The molecule has 0 spiro atoms. The number of pyridine rings is 1. The van der Waals surface area contributed by atoms with E-state index in [1.165, 1.54) is 17.0 Å². The summed E-state index contributed by atoms with van der Waals surface area (Å²) in [5.74, 6) is 0.101. The largest absolute Gasteiger partial charge is 0.278 e. The van der Waals surface area contributed by atoms with Crippen LogP contribution in [0.5, 0.6) is 0 Å². The second-order valence-corrected chi connectivity index (χ2v) is 7.40. The molecule has 0 atom stereocenters. The molecule has 1 amide bonds. The molecule has 0 N–H and O–H groups in total. The van der Waals surface area contributed by atoms with Crippen molar-refractivity contribution in [1.82, 2.24) is 19.6 Å². The Bertz CT molecular complexity index is 1420. The number of nitrogens with zero attached hydrogens (tertiary/aromatic N) is 5. The van der Waals surface area contributed by atoms with Gasteiger partial charge in [0, 0.05) is 28.5 Å². The van der Waals surface area contributed by atoms with Crippen LogP contribution in [0, 0.1) is 5.82 Å². The first-order chi connectivity index (χ1) is 15.6. The standard InChI is InChI=1S/C24H15ClFN5O/c25-18-5-9-20(10-6-18)30(15-32)22-14-17(11-13-27-22)24-23(16-3-7-19(26)8-4-16)29-21-2-1-12-28-31(21)24/h1-15H. The monoisotopic (exact) mass is 443 g/mol. The highest BCUT2D eigenvalue weighted by Crippen LogP contribution is 2.34. The third kappa shape index (κ3) is 3.59. The molecule has 156 valence electrons. The number of carbonyl (C=O) groups excluding carboxylic acids is 1. The molecule has 0 unspecified atom stereocenters. The van der Waals surface area contributed by atoms with Crippen LogP contribution in [0.25, 0.3) is 28.2 Å². The summed E-state index contributed by atoms with van der Waals surface area (Å²) in [5.41, 5.74) is 4.12. The van der Waals surface area contributed by atoms with Crippen LogP contribution in [-0.2, 0) is 4.79 Å². The van der Waals surface area contributed by atoms with E-state index in [0.29, 0.717) is 40.0 Å². The van der Waals surface area contributed by atoms with E-state index in [2.05, 4.69) is 10.1 Å². The quantitative estimate of drug-likeness (QED) is 0.334. The Morgan fingerprint density at radius 1 is 0.938 bits per heavy atom. The summed E-state index contributed by atoms with van der Waals surface area (Å²) in [4.78, 5) is 22.4. The van der Waals surface area contributed by atoms with Gasteiger partial charge in [-0.25, -0.2) is 18.9 Å². The molecule has 0 saturated heterocycles. The number of hydrogen-bond acceptors (Lipinski definition) is 4. The zero-order valence-corrected chi connectivity index (χ0v) is 17.3. The van der Waals surface area contributed by atoms with Crippen LogP contribution in [0.1, 0.15) is 0 Å². The number of benzene rings is 2. The summed E-state index contributed by atoms with van der Waals surface area (Å²) >= 11 is 5.98. The summed E-state index contributed by atoms with van der Waals surface area (Å²) in [5, 5.41) is 5.02. The van der Waals surface area contributed by atoms with Gasteiger partial charge < -0.3 is 0 Å². The molecule has 0 radical (unpaired) electrons. The van der Waals surface area contributed by atoms with Crippen molar-refractivity contribution in [3.05, 3.63) is 96.0 Å². The summed E-state index contributed by atoms with van der Waals surface area (Å²) in [6.45, 7) is 0. The third-order valence-corrected chi connectivity index (χ3v) is 5.24. The van der Waals surface area contributed by atoms with Gasteiger partial charge in [0.2, 0.25) is 6.41 Å². The van der Waals surface area contributed by atoms with Crippen molar-refractivity contribution in [2.45, 2.75) is 0 Å². The number of halogens is 2. The van der Waals surface area contributed by atoms with Gasteiger partial charge in [-0.1, -0.05) is 11.6 Å². The van der Waals surface area contributed by atoms with E-state index in [0.717, 1.165) is 11.1 Å². The van der Waals surface area contributed by atoms with Crippen LogP contribution >= 0.6 is 11.6 Å². The summed E-state index contributed by atoms with van der Waals surface area (Å²) in [7, 11) is 0. The van der Waals surface area contributed by atoms with Crippen molar-refractivity contribution >= 4 is 35.2 Å². The topological polar surface area (TPSA) is 63.4 Å². The number of amides is 1. The molecule has 0 aliphatic carbocycles. The van der Waals surface area contributed by atoms with E-state index in [1.807, 2.05) is 12.1 Å². The Morgan fingerprint density at radius 3 is 2.47 bits per heavy atom. The molecule has 8 heteroatoms.